The van der Waals surface area contributed by atoms with Crippen molar-refractivity contribution >= 4 is 51.4 Å². The van der Waals surface area contributed by atoms with Gasteiger partial charge in [-0.15, -0.1) is 0 Å². The second-order valence-corrected chi connectivity index (χ2v) is 10.0. The lowest BCUT2D eigenvalue weighted by Crippen LogP contribution is -2.30. The summed E-state index contributed by atoms with van der Waals surface area (Å²) in [4.78, 5) is 31.3. The standard InChI is InChI=1S/C23H20ClFN6O3S/c24-15-11-26-21(27-12-15)13-3-6-31(7-4-13)23-29-18-5-8-35(34)20(18)22(30-23)28-16-2-1-14(9-19(32)33)17(25)10-16/h1-3,10-12H,4-9H2,(H,32,33)(H,28,29,30)/t35-/m1/s1. The molecule has 0 spiro atoms. The Morgan fingerprint density at radius 3 is 2.71 bits per heavy atom. The summed E-state index contributed by atoms with van der Waals surface area (Å²) in [5.41, 5.74) is 2.18. The van der Waals surface area contributed by atoms with Crippen LogP contribution in [0, 0.1) is 5.82 Å². The van der Waals surface area contributed by atoms with Crippen LogP contribution < -0.4 is 10.2 Å². The number of hydrogen-bond acceptors (Lipinski definition) is 8. The Balaban J connectivity index is 1.41. The van der Waals surface area contributed by atoms with E-state index < -0.39 is 29.0 Å². The number of carboxylic acids is 1. The van der Waals surface area contributed by atoms with E-state index in [2.05, 4.69) is 25.3 Å². The predicted octanol–water partition coefficient (Wildman–Crippen LogP) is 3.39. The van der Waals surface area contributed by atoms with Crippen molar-refractivity contribution in [3.63, 3.8) is 0 Å². The van der Waals surface area contributed by atoms with Crippen LogP contribution in [0.25, 0.3) is 5.57 Å². The van der Waals surface area contributed by atoms with Gasteiger partial charge in [0.15, 0.2) is 11.6 Å². The van der Waals surface area contributed by atoms with Crippen LogP contribution in [0.15, 0.2) is 41.6 Å². The minimum Gasteiger partial charge on any atom is -0.481 e. The molecule has 180 valence electrons. The Kier molecular flexibility index (Phi) is 6.44. The molecule has 12 heteroatoms. The molecule has 0 fully saturated rings. The van der Waals surface area contributed by atoms with Crippen molar-refractivity contribution in [3.05, 3.63) is 64.6 Å². The molecule has 3 aromatic rings. The molecule has 9 nitrogen and oxygen atoms in total. The van der Waals surface area contributed by atoms with Crippen molar-refractivity contribution < 1.29 is 18.5 Å². The molecule has 2 N–H and O–H groups in total. The number of fused-ring (bicyclic) bond motifs is 1. The van der Waals surface area contributed by atoms with Gasteiger partial charge in [-0.1, -0.05) is 23.7 Å². The minimum absolute atomic E-state index is 0.0841. The van der Waals surface area contributed by atoms with E-state index >= 15 is 0 Å². The monoisotopic (exact) mass is 514 g/mol. The molecule has 4 heterocycles. The van der Waals surface area contributed by atoms with E-state index in [0.717, 1.165) is 5.57 Å². The summed E-state index contributed by atoms with van der Waals surface area (Å²) in [6.07, 6.45) is 5.99. The van der Waals surface area contributed by atoms with Gasteiger partial charge >= 0.3 is 5.97 Å². The molecular formula is C23H20ClFN6O3S. The number of hydrogen-bond donors (Lipinski definition) is 2. The number of anilines is 3. The summed E-state index contributed by atoms with van der Waals surface area (Å²) in [5.74, 6) is 0.186. The number of nitrogens with zero attached hydrogens (tertiary/aromatic N) is 5. The Bertz CT molecular complexity index is 1370. The van der Waals surface area contributed by atoms with Crippen molar-refractivity contribution in [1.82, 2.24) is 19.9 Å². The van der Waals surface area contributed by atoms with Crippen molar-refractivity contribution in [3.8, 4) is 0 Å². The number of halogens is 2. The first-order chi connectivity index (χ1) is 16.9. The lowest BCUT2D eigenvalue weighted by molar-refractivity contribution is -0.136. The summed E-state index contributed by atoms with van der Waals surface area (Å²) in [5, 5.41) is 12.5. The molecule has 0 aliphatic carbocycles. The third-order valence-corrected chi connectivity index (χ3v) is 7.39. The first-order valence-corrected chi connectivity index (χ1v) is 12.6. The van der Waals surface area contributed by atoms with Crippen molar-refractivity contribution in [2.45, 2.75) is 24.2 Å². The van der Waals surface area contributed by atoms with Crippen molar-refractivity contribution in [1.29, 1.82) is 0 Å². The fraction of sp³-hybridized carbons (Fsp3) is 0.261. The normalized spacial score (nSPS) is 17.1. The van der Waals surface area contributed by atoms with Gasteiger partial charge < -0.3 is 15.3 Å². The molecule has 1 atom stereocenters. The Labute approximate surface area is 207 Å². The smallest absolute Gasteiger partial charge is 0.307 e. The average molecular weight is 515 g/mol. The number of carbonyl (C=O) groups is 1. The summed E-state index contributed by atoms with van der Waals surface area (Å²) in [6.45, 7) is 1.18. The number of rotatable bonds is 6. The van der Waals surface area contributed by atoms with E-state index in [1.165, 1.54) is 12.1 Å². The van der Waals surface area contributed by atoms with Gasteiger partial charge in [-0.2, -0.15) is 4.98 Å². The molecule has 2 aliphatic heterocycles. The van der Waals surface area contributed by atoms with Crippen LogP contribution in [0.5, 0.6) is 0 Å². The van der Waals surface area contributed by atoms with Crippen LogP contribution in [0.1, 0.15) is 23.5 Å². The topological polar surface area (TPSA) is 121 Å². The highest BCUT2D eigenvalue weighted by Gasteiger charge is 2.28. The van der Waals surface area contributed by atoms with Gasteiger partial charge in [0.1, 0.15) is 10.7 Å². The zero-order chi connectivity index (χ0) is 24.5. The maximum absolute atomic E-state index is 14.4. The minimum atomic E-state index is -1.26. The molecule has 2 aliphatic rings. The van der Waals surface area contributed by atoms with E-state index in [-0.39, 0.29) is 5.56 Å². The molecule has 2 aromatic heterocycles. The van der Waals surface area contributed by atoms with Gasteiger partial charge in [-0.25, -0.2) is 19.3 Å². The van der Waals surface area contributed by atoms with Crippen LogP contribution in [-0.4, -0.2) is 54.1 Å². The lowest BCUT2D eigenvalue weighted by atomic mass is 10.1. The number of carboxylic acid groups (broad SMARTS) is 1. The molecule has 1 aromatic carbocycles. The van der Waals surface area contributed by atoms with Crippen LogP contribution in [0.2, 0.25) is 5.02 Å². The SMILES string of the molecule is O=C(O)Cc1ccc(Nc2nc(N3CC=C(c4ncc(Cl)cn4)CC3)nc3c2[S@](=O)CC3)cc1F. The number of aryl methyl sites for hydroxylation is 1. The summed E-state index contributed by atoms with van der Waals surface area (Å²) in [7, 11) is -1.26. The first-order valence-electron chi connectivity index (χ1n) is 10.9. The molecule has 0 bridgehead atoms. The highest BCUT2D eigenvalue weighted by molar-refractivity contribution is 7.85. The molecule has 0 radical (unpaired) electrons. The Morgan fingerprint density at radius 2 is 2.03 bits per heavy atom. The fourth-order valence-corrected chi connectivity index (χ4v) is 5.41. The van der Waals surface area contributed by atoms with Crippen LogP contribution >= 0.6 is 11.6 Å². The average Bonchev–Trinajstić information content (AvgIpc) is 3.22. The molecule has 5 rings (SSSR count). The molecule has 0 saturated heterocycles. The third kappa shape index (κ3) is 5.01. The molecule has 0 amide bonds. The van der Waals surface area contributed by atoms with Crippen molar-refractivity contribution in [2.24, 2.45) is 0 Å². The Morgan fingerprint density at radius 1 is 1.23 bits per heavy atom. The van der Waals surface area contributed by atoms with Crippen LogP contribution in [0.3, 0.4) is 0 Å². The summed E-state index contributed by atoms with van der Waals surface area (Å²) >= 11 is 5.88. The highest BCUT2D eigenvalue weighted by Crippen LogP contribution is 2.33. The molecular weight excluding hydrogens is 495 g/mol. The largest absolute Gasteiger partial charge is 0.481 e. The summed E-state index contributed by atoms with van der Waals surface area (Å²) in [6, 6.07) is 4.21. The number of aliphatic carboxylic acids is 1. The van der Waals surface area contributed by atoms with E-state index in [9.17, 15) is 13.4 Å². The highest BCUT2D eigenvalue weighted by atomic mass is 35.5. The zero-order valence-electron chi connectivity index (χ0n) is 18.4. The zero-order valence-corrected chi connectivity index (χ0v) is 19.9. The predicted molar refractivity (Wildman–Crippen MR) is 130 cm³/mol. The third-order valence-electron chi connectivity index (χ3n) is 5.73. The van der Waals surface area contributed by atoms with E-state index in [1.807, 2.05) is 11.0 Å². The van der Waals surface area contributed by atoms with E-state index in [4.69, 9.17) is 16.7 Å². The molecule has 0 saturated carbocycles. The maximum Gasteiger partial charge on any atom is 0.307 e. The van der Waals surface area contributed by atoms with Crippen LogP contribution in [0.4, 0.5) is 21.8 Å². The Hall–Kier alpha value is -3.44. The number of nitrogens with one attached hydrogen (secondary N) is 1. The molecule has 0 unspecified atom stereocenters. The fourth-order valence-electron chi connectivity index (χ4n) is 4.01. The first kappa shape index (κ1) is 23.3. The van der Waals surface area contributed by atoms with Gasteiger partial charge in [0, 0.05) is 43.3 Å². The summed E-state index contributed by atoms with van der Waals surface area (Å²) < 4.78 is 27.0. The van der Waals surface area contributed by atoms with E-state index in [0.29, 0.717) is 70.6 Å². The van der Waals surface area contributed by atoms with Crippen LogP contribution in [-0.2, 0) is 28.4 Å². The quantitative estimate of drug-likeness (QED) is 0.509. The van der Waals surface area contributed by atoms with Gasteiger partial charge in [0.25, 0.3) is 0 Å². The van der Waals surface area contributed by atoms with Gasteiger partial charge in [-0.05, 0) is 29.7 Å². The van der Waals surface area contributed by atoms with Crippen molar-refractivity contribution in [2.75, 3.05) is 29.1 Å². The number of benzene rings is 1. The second kappa shape index (κ2) is 9.67. The second-order valence-electron chi connectivity index (χ2n) is 8.10. The number of aromatic nitrogens is 4. The maximum atomic E-state index is 14.4. The lowest BCUT2D eigenvalue weighted by Gasteiger charge is -2.27. The van der Waals surface area contributed by atoms with Gasteiger partial charge in [0.2, 0.25) is 5.95 Å². The molecule has 35 heavy (non-hydrogen) atoms. The van der Waals surface area contributed by atoms with Gasteiger partial charge in [-0.3, -0.25) is 9.00 Å². The van der Waals surface area contributed by atoms with Gasteiger partial charge in [0.05, 0.1) is 27.9 Å². The van der Waals surface area contributed by atoms with E-state index in [1.54, 1.807) is 18.5 Å².